The Hall–Kier alpha value is -0.800. The molecule has 1 fully saturated rings. The quantitative estimate of drug-likeness (QED) is 0.907. The topological polar surface area (TPSA) is 89.2 Å². The van der Waals surface area contributed by atoms with Gasteiger partial charge in [0.1, 0.15) is 15.9 Å². The van der Waals surface area contributed by atoms with E-state index in [-0.39, 0.29) is 23.2 Å². The van der Waals surface area contributed by atoms with Gasteiger partial charge in [0.05, 0.1) is 11.7 Å². The second-order valence-corrected chi connectivity index (χ2v) is 7.08. The van der Waals surface area contributed by atoms with Gasteiger partial charge in [-0.05, 0) is 31.0 Å². The summed E-state index contributed by atoms with van der Waals surface area (Å²) >= 11 is 1.03. The van der Waals surface area contributed by atoms with Gasteiger partial charge >= 0.3 is 0 Å². The molecule has 1 aliphatic rings. The highest BCUT2D eigenvalue weighted by atomic mass is 35.5. The van der Waals surface area contributed by atoms with Crippen molar-refractivity contribution in [1.29, 1.82) is 0 Å². The number of halogens is 1. The van der Waals surface area contributed by atoms with Crippen molar-refractivity contribution in [3.63, 3.8) is 0 Å². The Labute approximate surface area is 127 Å². The summed E-state index contributed by atoms with van der Waals surface area (Å²) in [7, 11) is -3.50. The molecule has 2 N–H and O–H groups in total. The lowest BCUT2D eigenvalue weighted by Crippen LogP contribution is -2.30. The normalized spacial score (nSPS) is 20.1. The second-order valence-electron chi connectivity index (χ2n) is 4.64. The summed E-state index contributed by atoms with van der Waals surface area (Å²) in [6.45, 7) is 1.54. The van der Waals surface area contributed by atoms with Crippen LogP contribution in [0.3, 0.4) is 0 Å². The smallest absolute Gasteiger partial charge is 0.245 e. The maximum Gasteiger partial charge on any atom is 0.245 e. The van der Waals surface area contributed by atoms with Crippen LogP contribution < -0.4 is 5.73 Å². The molecule has 1 aliphatic heterocycles. The molecule has 20 heavy (non-hydrogen) atoms. The maximum absolute atomic E-state index is 12.6. The van der Waals surface area contributed by atoms with Crippen molar-refractivity contribution in [1.82, 2.24) is 13.1 Å². The number of nitrogens with zero attached hydrogens (tertiary/aromatic N) is 3. The monoisotopic (exact) mass is 334 g/mol. The highest BCUT2D eigenvalue weighted by molar-refractivity contribution is 7.89. The van der Waals surface area contributed by atoms with Crippen molar-refractivity contribution in [2.24, 2.45) is 11.7 Å². The van der Waals surface area contributed by atoms with E-state index in [1.54, 1.807) is 18.2 Å². The Morgan fingerprint density at radius 1 is 1.40 bits per heavy atom. The van der Waals surface area contributed by atoms with Gasteiger partial charge in [0, 0.05) is 13.1 Å². The van der Waals surface area contributed by atoms with E-state index >= 15 is 0 Å². The largest absolute Gasteiger partial charge is 0.330 e. The predicted octanol–water partition coefficient (Wildman–Crippen LogP) is 1.08. The van der Waals surface area contributed by atoms with E-state index in [1.807, 2.05) is 0 Å². The van der Waals surface area contributed by atoms with Gasteiger partial charge < -0.3 is 5.73 Å². The summed E-state index contributed by atoms with van der Waals surface area (Å²) in [6, 6.07) is 5.06. The van der Waals surface area contributed by atoms with E-state index in [1.165, 1.54) is 4.31 Å². The first-order valence-electron chi connectivity index (χ1n) is 6.04. The van der Waals surface area contributed by atoms with Crippen molar-refractivity contribution in [3.8, 4) is 0 Å². The highest BCUT2D eigenvalue weighted by Gasteiger charge is 2.33. The fourth-order valence-electron chi connectivity index (χ4n) is 2.34. The number of hydrogen-bond donors (Lipinski definition) is 1. The minimum Gasteiger partial charge on any atom is -0.330 e. The van der Waals surface area contributed by atoms with E-state index in [9.17, 15) is 8.42 Å². The summed E-state index contributed by atoms with van der Waals surface area (Å²) < 4.78 is 34.9. The van der Waals surface area contributed by atoms with Crippen molar-refractivity contribution in [2.45, 2.75) is 11.3 Å². The average Bonchev–Trinajstić information content (AvgIpc) is 3.06. The molecule has 2 aromatic rings. The molecule has 110 valence electrons. The Bertz CT molecular complexity index is 703. The number of sulfonamides is 1. The third-order valence-corrected chi connectivity index (χ3v) is 5.89. The molecule has 9 heteroatoms. The molecular weight excluding hydrogens is 320 g/mol. The zero-order valence-electron chi connectivity index (χ0n) is 10.6. The number of benzene rings is 1. The predicted molar refractivity (Wildman–Crippen MR) is 80.6 cm³/mol. The molecule has 6 nitrogen and oxygen atoms in total. The molecule has 1 unspecified atom stereocenters. The summed E-state index contributed by atoms with van der Waals surface area (Å²) in [5.41, 5.74) is 6.70. The van der Waals surface area contributed by atoms with Gasteiger partial charge in [-0.15, -0.1) is 12.4 Å². The van der Waals surface area contributed by atoms with Crippen LogP contribution in [0.25, 0.3) is 11.0 Å². The van der Waals surface area contributed by atoms with E-state index < -0.39 is 10.0 Å². The van der Waals surface area contributed by atoms with Gasteiger partial charge in [-0.2, -0.15) is 13.1 Å². The summed E-state index contributed by atoms with van der Waals surface area (Å²) in [5.74, 6) is 0.252. The average molecular weight is 335 g/mol. The van der Waals surface area contributed by atoms with Crippen LogP contribution in [0.4, 0.5) is 0 Å². The van der Waals surface area contributed by atoms with Gasteiger partial charge in [-0.25, -0.2) is 8.42 Å². The van der Waals surface area contributed by atoms with Gasteiger partial charge in [0.15, 0.2) is 0 Å². The molecule has 0 spiro atoms. The number of aromatic nitrogens is 2. The number of rotatable bonds is 3. The van der Waals surface area contributed by atoms with Crippen LogP contribution in [0.1, 0.15) is 6.42 Å². The zero-order valence-corrected chi connectivity index (χ0v) is 13.0. The Morgan fingerprint density at radius 2 is 2.20 bits per heavy atom. The molecule has 0 aliphatic carbocycles. The van der Waals surface area contributed by atoms with Crippen LogP contribution in [0.2, 0.25) is 0 Å². The van der Waals surface area contributed by atoms with Gasteiger partial charge in [-0.1, -0.05) is 6.07 Å². The van der Waals surface area contributed by atoms with Crippen molar-refractivity contribution in [2.75, 3.05) is 19.6 Å². The number of fused-ring (bicyclic) bond motifs is 1. The fourth-order valence-corrected chi connectivity index (χ4v) is 4.62. The van der Waals surface area contributed by atoms with Crippen molar-refractivity contribution < 1.29 is 8.42 Å². The Morgan fingerprint density at radius 3 is 2.90 bits per heavy atom. The standard InChI is InChI=1S/C11H14N4O2S2.ClH/c12-6-8-4-5-15(7-8)19(16,17)10-3-1-2-9-11(10)14-18-13-9;/h1-3,8H,4-7,12H2;1H. The van der Waals surface area contributed by atoms with Crippen LogP contribution in [0.15, 0.2) is 23.1 Å². The number of hydrogen-bond acceptors (Lipinski definition) is 6. The maximum atomic E-state index is 12.6. The SMILES string of the molecule is Cl.NCC1CCN(S(=O)(=O)c2cccc3nsnc23)C1. The minimum atomic E-state index is -3.50. The summed E-state index contributed by atoms with van der Waals surface area (Å²) in [4.78, 5) is 0.247. The first-order valence-corrected chi connectivity index (χ1v) is 8.21. The molecule has 0 saturated carbocycles. The van der Waals surface area contributed by atoms with Gasteiger partial charge in [0.2, 0.25) is 10.0 Å². The first-order chi connectivity index (χ1) is 9.13. The van der Waals surface area contributed by atoms with Crippen LogP contribution in [0.5, 0.6) is 0 Å². The molecule has 1 aromatic carbocycles. The molecule has 1 saturated heterocycles. The number of nitrogens with two attached hydrogens (primary N) is 1. The Kier molecular flexibility index (Phi) is 4.60. The molecule has 0 amide bonds. The second kappa shape index (κ2) is 5.90. The zero-order chi connectivity index (χ0) is 13.5. The third kappa shape index (κ3) is 2.53. The molecule has 1 atom stereocenters. The summed E-state index contributed by atoms with van der Waals surface area (Å²) in [6.07, 6.45) is 0.820. The van der Waals surface area contributed by atoms with E-state index in [0.29, 0.717) is 30.7 Å². The van der Waals surface area contributed by atoms with E-state index in [2.05, 4.69) is 8.75 Å². The van der Waals surface area contributed by atoms with Crippen LogP contribution in [-0.2, 0) is 10.0 Å². The lowest BCUT2D eigenvalue weighted by Gasteiger charge is -2.16. The Balaban J connectivity index is 0.00000147. The van der Waals surface area contributed by atoms with Crippen molar-refractivity contribution in [3.05, 3.63) is 18.2 Å². The van der Waals surface area contributed by atoms with Gasteiger partial charge in [-0.3, -0.25) is 0 Å². The third-order valence-electron chi connectivity index (χ3n) is 3.45. The molecule has 0 radical (unpaired) electrons. The fraction of sp³-hybridized carbons (Fsp3) is 0.455. The lowest BCUT2D eigenvalue weighted by molar-refractivity contribution is 0.459. The first kappa shape index (κ1) is 15.6. The highest BCUT2D eigenvalue weighted by Crippen LogP contribution is 2.28. The molecular formula is C11H15ClN4O2S2. The minimum absolute atomic E-state index is 0. The molecule has 0 bridgehead atoms. The molecule has 1 aromatic heterocycles. The van der Waals surface area contributed by atoms with Crippen molar-refractivity contribution >= 4 is 45.2 Å². The van der Waals surface area contributed by atoms with Crippen LogP contribution in [-0.4, -0.2) is 41.1 Å². The van der Waals surface area contributed by atoms with Crippen LogP contribution >= 0.6 is 24.1 Å². The lowest BCUT2D eigenvalue weighted by atomic mass is 10.1. The van der Waals surface area contributed by atoms with Crippen LogP contribution in [0, 0.1) is 5.92 Å². The van der Waals surface area contributed by atoms with E-state index in [0.717, 1.165) is 18.1 Å². The summed E-state index contributed by atoms with van der Waals surface area (Å²) in [5, 5.41) is 0. The molecule has 2 heterocycles. The van der Waals surface area contributed by atoms with Gasteiger partial charge in [0.25, 0.3) is 0 Å². The van der Waals surface area contributed by atoms with E-state index in [4.69, 9.17) is 5.73 Å². The molecule has 3 rings (SSSR count).